The van der Waals surface area contributed by atoms with E-state index in [-0.39, 0.29) is 29.7 Å². The van der Waals surface area contributed by atoms with E-state index >= 15 is 0 Å². The third-order valence-corrected chi connectivity index (χ3v) is 6.08. The molecule has 176 valence electrons. The van der Waals surface area contributed by atoms with E-state index in [1.54, 1.807) is 4.68 Å². The summed E-state index contributed by atoms with van der Waals surface area (Å²) in [5.74, 6) is 1.93. The van der Waals surface area contributed by atoms with Crippen molar-refractivity contribution in [1.29, 1.82) is 0 Å². The Balaban J connectivity index is 0.00000289. The zero-order valence-corrected chi connectivity index (χ0v) is 21.4. The van der Waals surface area contributed by atoms with Crippen molar-refractivity contribution in [3.8, 4) is 0 Å². The third-order valence-electron chi connectivity index (χ3n) is 6.08. The van der Waals surface area contributed by atoms with Crippen molar-refractivity contribution in [3.63, 3.8) is 0 Å². The zero-order valence-electron chi connectivity index (χ0n) is 19.1. The summed E-state index contributed by atoms with van der Waals surface area (Å²) in [7, 11) is 0. The van der Waals surface area contributed by atoms with Crippen LogP contribution in [0.1, 0.15) is 37.6 Å². The van der Waals surface area contributed by atoms with Gasteiger partial charge < -0.3 is 10.2 Å². The number of nitrogens with one attached hydrogen (secondary N) is 1. The van der Waals surface area contributed by atoms with Crippen LogP contribution >= 0.6 is 24.0 Å². The molecule has 1 aromatic carbocycles. The number of guanidine groups is 1. The van der Waals surface area contributed by atoms with Crippen molar-refractivity contribution in [2.24, 2.45) is 4.99 Å². The number of fused-ring (bicyclic) bond motifs is 1. The van der Waals surface area contributed by atoms with Crippen LogP contribution in [0.4, 0.5) is 0 Å². The lowest BCUT2D eigenvalue weighted by Gasteiger charge is -2.36. The fraction of sp³-hybridized carbons (Fsp3) is 0.609. The van der Waals surface area contributed by atoms with E-state index in [9.17, 15) is 4.79 Å². The average Bonchev–Trinajstić information content (AvgIpc) is 3.13. The Morgan fingerprint density at radius 1 is 1.09 bits per heavy atom. The number of rotatable bonds is 7. The normalized spacial score (nSPS) is 17.0. The van der Waals surface area contributed by atoms with E-state index in [1.807, 2.05) is 4.57 Å². The third kappa shape index (κ3) is 6.34. The molecule has 1 saturated heterocycles. The lowest BCUT2D eigenvalue weighted by molar-refractivity contribution is 0.172. The number of piperazine rings is 1. The van der Waals surface area contributed by atoms with Gasteiger partial charge in [-0.3, -0.25) is 14.5 Å². The summed E-state index contributed by atoms with van der Waals surface area (Å²) in [5, 5.41) is 7.96. The molecule has 1 N–H and O–H groups in total. The molecular formula is C23H36IN7O. The number of hydrogen-bond acceptors (Lipinski definition) is 4. The molecule has 2 aliphatic rings. The van der Waals surface area contributed by atoms with Crippen LogP contribution in [0, 0.1) is 0 Å². The van der Waals surface area contributed by atoms with Crippen molar-refractivity contribution < 1.29 is 0 Å². The first-order chi connectivity index (χ1) is 15.2. The second kappa shape index (κ2) is 12.4. The van der Waals surface area contributed by atoms with Gasteiger partial charge in [0, 0.05) is 65.3 Å². The molecule has 3 heterocycles. The van der Waals surface area contributed by atoms with Crippen LogP contribution in [0.5, 0.6) is 0 Å². The summed E-state index contributed by atoms with van der Waals surface area (Å²) in [6.45, 7) is 10.1. The highest BCUT2D eigenvalue weighted by molar-refractivity contribution is 14.0. The highest BCUT2D eigenvalue weighted by Gasteiger charge is 2.20. The summed E-state index contributed by atoms with van der Waals surface area (Å²) in [6.07, 6.45) is 3.94. The molecule has 2 aliphatic heterocycles. The van der Waals surface area contributed by atoms with Crippen molar-refractivity contribution in [2.45, 2.75) is 52.2 Å². The minimum Gasteiger partial charge on any atom is -0.357 e. The first-order valence-electron chi connectivity index (χ1n) is 11.7. The minimum absolute atomic E-state index is 0. The molecule has 9 heteroatoms. The molecule has 0 spiro atoms. The van der Waals surface area contributed by atoms with Gasteiger partial charge in [-0.2, -0.15) is 5.10 Å². The van der Waals surface area contributed by atoms with Crippen LogP contribution in [-0.2, 0) is 26.1 Å². The van der Waals surface area contributed by atoms with Crippen molar-refractivity contribution in [1.82, 2.24) is 29.5 Å². The van der Waals surface area contributed by atoms with E-state index in [1.165, 1.54) is 5.56 Å². The molecular weight excluding hydrogens is 517 g/mol. The van der Waals surface area contributed by atoms with Gasteiger partial charge in [0.05, 0.1) is 0 Å². The number of hydrogen-bond donors (Lipinski definition) is 1. The number of nitrogens with zero attached hydrogens (tertiary/aromatic N) is 6. The maximum absolute atomic E-state index is 12.5. The number of aromatic nitrogens is 3. The van der Waals surface area contributed by atoms with Crippen LogP contribution in [0.3, 0.4) is 0 Å². The summed E-state index contributed by atoms with van der Waals surface area (Å²) < 4.78 is 3.47. The van der Waals surface area contributed by atoms with E-state index in [0.29, 0.717) is 13.1 Å². The van der Waals surface area contributed by atoms with Gasteiger partial charge in [0.15, 0.2) is 5.96 Å². The number of aryl methyl sites for hydroxylation is 2. The number of benzene rings is 1. The molecule has 0 saturated carbocycles. The van der Waals surface area contributed by atoms with Crippen LogP contribution in [0.15, 0.2) is 40.1 Å². The molecule has 0 atom stereocenters. The second-order valence-electron chi connectivity index (χ2n) is 8.37. The van der Waals surface area contributed by atoms with Gasteiger partial charge in [0.2, 0.25) is 0 Å². The van der Waals surface area contributed by atoms with E-state index in [4.69, 9.17) is 4.99 Å². The van der Waals surface area contributed by atoms with Crippen LogP contribution in [0.25, 0.3) is 0 Å². The second-order valence-corrected chi connectivity index (χ2v) is 8.37. The molecule has 0 amide bonds. The predicted molar refractivity (Wildman–Crippen MR) is 139 cm³/mol. The molecule has 32 heavy (non-hydrogen) atoms. The van der Waals surface area contributed by atoms with Crippen LogP contribution in [0.2, 0.25) is 0 Å². The van der Waals surface area contributed by atoms with Gasteiger partial charge >= 0.3 is 5.69 Å². The lowest BCUT2D eigenvalue weighted by atomic mass is 10.2. The van der Waals surface area contributed by atoms with Gasteiger partial charge in [0.25, 0.3) is 0 Å². The largest absolute Gasteiger partial charge is 0.357 e. The van der Waals surface area contributed by atoms with Gasteiger partial charge in [-0.05, 0) is 31.7 Å². The molecule has 0 aliphatic carbocycles. The Kier molecular flexibility index (Phi) is 9.58. The van der Waals surface area contributed by atoms with Crippen molar-refractivity contribution in [2.75, 3.05) is 39.3 Å². The Bertz CT molecular complexity index is 916. The highest BCUT2D eigenvalue weighted by atomic mass is 127. The number of aliphatic imine (C=N–C) groups is 1. The molecule has 1 aromatic heterocycles. The van der Waals surface area contributed by atoms with Gasteiger partial charge in [0.1, 0.15) is 5.82 Å². The summed E-state index contributed by atoms with van der Waals surface area (Å²) in [5.41, 5.74) is 1.41. The monoisotopic (exact) mass is 553 g/mol. The maximum atomic E-state index is 12.5. The molecule has 1 fully saturated rings. The van der Waals surface area contributed by atoms with E-state index in [0.717, 1.165) is 83.3 Å². The van der Waals surface area contributed by atoms with Gasteiger partial charge in [-0.25, -0.2) is 9.48 Å². The Hall–Kier alpha value is -1.88. The fourth-order valence-electron chi connectivity index (χ4n) is 4.38. The van der Waals surface area contributed by atoms with Crippen LogP contribution in [-0.4, -0.2) is 69.4 Å². The molecule has 0 radical (unpaired) electrons. The molecule has 0 bridgehead atoms. The smallest absolute Gasteiger partial charge is 0.345 e. The molecule has 2 aromatic rings. The quantitative estimate of drug-likeness (QED) is 0.247. The maximum Gasteiger partial charge on any atom is 0.345 e. The SMILES string of the molecule is CCNC(=NCCCn1nc2n(c1=O)CCCC2)N1CCN(Cc2ccccc2)CC1.I. The van der Waals surface area contributed by atoms with Gasteiger partial charge in [-0.15, -0.1) is 24.0 Å². The first kappa shape index (κ1) is 24.8. The lowest BCUT2D eigenvalue weighted by Crippen LogP contribution is -2.52. The summed E-state index contributed by atoms with van der Waals surface area (Å²) in [4.78, 5) is 22.1. The summed E-state index contributed by atoms with van der Waals surface area (Å²) in [6, 6.07) is 10.7. The summed E-state index contributed by atoms with van der Waals surface area (Å²) >= 11 is 0. The fourth-order valence-corrected chi connectivity index (χ4v) is 4.38. The average molecular weight is 553 g/mol. The minimum atomic E-state index is 0. The standard InChI is InChI=1S/C23H35N7O.HI/c1-2-24-22(28-17-15-27(16-18-28)19-20-9-4-3-5-10-20)25-12-8-14-30-23(31)29-13-7-6-11-21(29)26-30;/h3-5,9-10H,2,6-8,11-19H2,1H3,(H,24,25);1H. The number of halogens is 1. The molecule has 0 unspecified atom stereocenters. The molecule has 8 nitrogen and oxygen atoms in total. The predicted octanol–water partition coefficient (Wildman–Crippen LogP) is 2.17. The Morgan fingerprint density at radius 2 is 1.88 bits per heavy atom. The van der Waals surface area contributed by atoms with Gasteiger partial charge in [-0.1, -0.05) is 30.3 Å². The Morgan fingerprint density at radius 3 is 2.59 bits per heavy atom. The Labute approximate surface area is 207 Å². The van der Waals surface area contributed by atoms with Crippen molar-refractivity contribution >= 4 is 29.9 Å². The first-order valence-corrected chi connectivity index (χ1v) is 11.7. The highest BCUT2D eigenvalue weighted by Crippen LogP contribution is 2.10. The van der Waals surface area contributed by atoms with E-state index in [2.05, 4.69) is 57.5 Å². The van der Waals surface area contributed by atoms with Crippen molar-refractivity contribution in [3.05, 3.63) is 52.2 Å². The molecule has 4 rings (SSSR count). The van der Waals surface area contributed by atoms with Crippen LogP contribution < -0.4 is 11.0 Å². The van der Waals surface area contributed by atoms with E-state index < -0.39 is 0 Å². The zero-order chi connectivity index (χ0) is 21.5. The topological polar surface area (TPSA) is 70.7 Å².